The summed E-state index contributed by atoms with van der Waals surface area (Å²) < 4.78 is 28.2. The zero-order chi connectivity index (χ0) is 18.2. The van der Waals surface area contributed by atoms with Crippen LogP contribution in [0.5, 0.6) is 0 Å². The van der Waals surface area contributed by atoms with Crippen LogP contribution in [-0.2, 0) is 10.0 Å². The number of benzene rings is 2. The van der Waals surface area contributed by atoms with Crippen molar-refractivity contribution in [3.05, 3.63) is 58.7 Å². The molecule has 0 bridgehead atoms. The molecule has 1 amide bonds. The number of carbonyl (C=O) groups excluding carboxylic acids is 1. The molecule has 132 valence electrons. The predicted molar refractivity (Wildman–Crippen MR) is 98.4 cm³/mol. The van der Waals surface area contributed by atoms with Crippen molar-refractivity contribution in [3.63, 3.8) is 0 Å². The summed E-state index contributed by atoms with van der Waals surface area (Å²) in [6.07, 6.45) is 1.97. The van der Waals surface area contributed by atoms with E-state index in [1.165, 1.54) is 12.1 Å². The Labute approximate surface area is 148 Å². The number of sulfonamides is 1. The van der Waals surface area contributed by atoms with E-state index in [-0.39, 0.29) is 16.8 Å². The molecule has 1 saturated carbocycles. The predicted octanol–water partition coefficient (Wildman–Crippen LogP) is 3.30. The zero-order valence-corrected chi connectivity index (χ0v) is 15.4. The van der Waals surface area contributed by atoms with Crippen LogP contribution in [0.3, 0.4) is 0 Å². The minimum Gasteiger partial charge on any atom is -0.349 e. The van der Waals surface area contributed by atoms with Crippen LogP contribution in [0.1, 0.15) is 39.9 Å². The second kappa shape index (κ2) is 6.52. The summed E-state index contributed by atoms with van der Waals surface area (Å²) in [5.74, 6) is -0.234. The summed E-state index contributed by atoms with van der Waals surface area (Å²) in [4.78, 5) is 12.2. The van der Waals surface area contributed by atoms with Crippen molar-refractivity contribution in [2.24, 2.45) is 0 Å². The molecule has 3 rings (SSSR count). The van der Waals surface area contributed by atoms with Gasteiger partial charge in [0.25, 0.3) is 15.9 Å². The molecule has 0 radical (unpaired) electrons. The largest absolute Gasteiger partial charge is 0.349 e. The second-order valence-corrected chi connectivity index (χ2v) is 8.34. The Morgan fingerprint density at radius 1 is 1.04 bits per heavy atom. The summed E-state index contributed by atoms with van der Waals surface area (Å²) >= 11 is 0. The highest BCUT2D eigenvalue weighted by Crippen LogP contribution is 2.25. The summed E-state index contributed by atoms with van der Waals surface area (Å²) in [5.41, 5.74) is 3.75. The summed E-state index contributed by atoms with van der Waals surface area (Å²) in [6.45, 7) is 5.72. The molecule has 2 N–H and O–H groups in total. The highest BCUT2D eigenvalue weighted by Gasteiger charge is 2.24. The van der Waals surface area contributed by atoms with Crippen LogP contribution in [0.25, 0.3) is 0 Å². The van der Waals surface area contributed by atoms with Gasteiger partial charge < -0.3 is 5.32 Å². The number of anilines is 1. The number of hydrogen-bond donors (Lipinski definition) is 2. The Morgan fingerprint density at radius 2 is 1.68 bits per heavy atom. The molecule has 1 aliphatic carbocycles. The smallest absolute Gasteiger partial charge is 0.261 e. The number of nitrogens with one attached hydrogen (secondary N) is 2. The van der Waals surface area contributed by atoms with E-state index in [1.54, 1.807) is 12.1 Å². The van der Waals surface area contributed by atoms with Gasteiger partial charge in [0.1, 0.15) is 0 Å². The number of hydrogen-bond acceptors (Lipinski definition) is 3. The van der Waals surface area contributed by atoms with Gasteiger partial charge in [-0.05, 0) is 62.9 Å². The van der Waals surface area contributed by atoms with Crippen molar-refractivity contribution in [1.82, 2.24) is 5.32 Å². The third kappa shape index (κ3) is 4.02. The molecule has 1 fully saturated rings. The maximum absolute atomic E-state index is 12.8. The Balaban J connectivity index is 1.88. The average molecular weight is 358 g/mol. The van der Waals surface area contributed by atoms with Gasteiger partial charge in [-0.2, -0.15) is 0 Å². The second-order valence-electron chi connectivity index (χ2n) is 6.65. The molecular formula is C19H22N2O3S. The van der Waals surface area contributed by atoms with Crippen molar-refractivity contribution < 1.29 is 13.2 Å². The molecule has 25 heavy (non-hydrogen) atoms. The Hall–Kier alpha value is -2.34. The number of aryl methyl sites for hydroxylation is 3. The van der Waals surface area contributed by atoms with Gasteiger partial charge in [0.15, 0.2) is 0 Å². The van der Waals surface area contributed by atoms with Crippen molar-refractivity contribution >= 4 is 21.6 Å². The topological polar surface area (TPSA) is 75.3 Å². The monoisotopic (exact) mass is 358 g/mol. The van der Waals surface area contributed by atoms with Gasteiger partial charge >= 0.3 is 0 Å². The van der Waals surface area contributed by atoms with Crippen LogP contribution >= 0.6 is 0 Å². The minimum absolute atomic E-state index is 0.0790. The van der Waals surface area contributed by atoms with Crippen molar-refractivity contribution in [3.8, 4) is 0 Å². The third-order valence-corrected chi connectivity index (χ3v) is 5.58. The maximum Gasteiger partial charge on any atom is 0.261 e. The van der Waals surface area contributed by atoms with E-state index in [4.69, 9.17) is 0 Å². The molecule has 2 aromatic rings. The molecule has 0 unspecified atom stereocenters. The van der Waals surface area contributed by atoms with E-state index in [9.17, 15) is 13.2 Å². The van der Waals surface area contributed by atoms with Crippen LogP contribution in [0.15, 0.2) is 41.3 Å². The Bertz CT molecular complexity index is 908. The van der Waals surface area contributed by atoms with Gasteiger partial charge in [0, 0.05) is 11.6 Å². The van der Waals surface area contributed by atoms with Crippen LogP contribution in [0, 0.1) is 20.8 Å². The van der Waals surface area contributed by atoms with E-state index in [2.05, 4.69) is 10.0 Å². The van der Waals surface area contributed by atoms with E-state index < -0.39 is 10.0 Å². The molecule has 2 aromatic carbocycles. The quantitative estimate of drug-likeness (QED) is 0.861. The van der Waals surface area contributed by atoms with E-state index in [0.717, 1.165) is 29.5 Å². The van der Waals surface area contributed by atoms with Crippen LogP contribution < -0.4 is 10.0 Å². The number of rotatable bonds is 5. The minimum atomic E-state index is -3.77. The Morgan fingerprint density at radius 3 is 2.28 bits per heavy atom. The van der Waals surface area contributed by atoms with Gasteiger partial charge in [0.2, 0.25) is 0 Å². The molecule has 0 spiro atoms. The van der Waals surface area contributed by atoms with Gasteiger partial charge in [-0.25, -0.2) is 8.42 Å². The van der Waals surface area contributed by atoms with E-state index >= 15 is 0 Å². The van der Waals surface area contributed by atoms with Gasteiger partial charge in [-0.15, -0.1) is 0 Å². The van der Waals surface area contributed by atoms with Crippen molar-refractivity contribution in [2.45, 2.75) is 44.6 Å². The van der Waals surface area contributed by atoms with E-state index in [0.29, 0.717) is 11.3 Å². The summed E-state index contributed by atoms with van der Waals surface area (Å²) in [7, 11) is -3.77. The third-order valence-electron chi connectivity index (χ3n) is 4.23. The molecule has 1 aliphatic rings. The lowest BCUT2D eigenvalue weighted by atomic mass is 10.1. The highest BCUT2D eigenvalue weighted by atomic mass is 32.2. The maximum atomic E-state index is 12.8. The average Bonchev–Trinajstić information content (AvgIpc) is 3.35. The number of amides is 1. The molecule has 0 heterocycles. The Kier molecular flexibility index (Phi) is 4.56. The SMILES string of the molecule is Cc1cc(C)c(NS(=O)(=O)c2cccc(C(=O)NC3CC3)c2)c(C)c1. The normalized spacial score (nSPS) is 14.2. The first-order valence-electron chi connectivity index (χ1n) is 8.28. The van der Waals surface area contributed by atoms with Gasteiger partial charge in [-0.3, -0.25) is 9.52 Å². The highest BCUT2D eigenvalue weighted by molar-refractivity contribution is 7.92. The molecule has 0 aliphatic heterocycles. The first-order valence-corrected chi connectivity index (χ1v) is 9.76. The fourth-order valence-corrected chi connectivity index (χ4v) is 4.08. The van der Waals surface area contributed by atoms with Crippen molar-refractivity contribution in [2.75, 3.05) is 4.72 Å². The van der Waals surface area contributed by atoms with Crippen molar-refractivity contribution in [1.29, 1.82) is 0 Å². The van der Waals surface area contributed by atoms with Gasteiger partial charge in [0.05, 0.1) is 10.6 Å². The molecule has 6 heteroatoms. The zero-order valence-electron chi connectivity index (χ0n) is 14.6. The lowest BCUT2D eigenvalue weighted by Gasteiger charge is -2.15. The number of carbonyl (C=O) groups is 1. The molecule has 0 aromatic heterocycles. The summed E-state index contributed by atoms with van der Waals surface area (Å²) in [5, 5.41) is 2.87. The van der Waals surface area contributed by atoms with Crippen LogP contribution in [0.4, 0.5) is 5.69 Å². The molecule has 5 nitrogen and oxygen atoms in total. The molecular weight excluding hydrogens is 336 g/mol. The lowest BCUT2D eigenvalue weighted by molar-refractivity contribution is 0.0951. The summed E-state index contributed by atoms with van der Waals surface area (Å²) in [6, 6.07) is 10.2. The fourth-order valence-electron chi connectivity index (χ4n) is 2.84. The fraction of sp³-hybridized carbons (Fsp3) is 0.316. The molecule has 0 atom stereocenters. The first-order chi connectivity index (χ1) is 11.8. The standard InChI is InChI=1S/C19H22N2O3S/c1-12-9-13(2)18(14(3)10-12)21-25(23,24)17-6-4-5-15(11-17)19(22)20-16-7-8-16/h4-6,9-11,16,21H,7-8H2,1-3H3,(H,20,22). The van der Waals surface area contributed by atoms with Crippen LogP contribution in [-0.4, -0.2) is 20.4 Å². The van der Waals surface area contributed by atoms with E-state index in [1.807, 2.05) is 32.9 Å². The molecule has 0 saturated heterocycles. The van der Waals surface area contributed by atoms with Crippen LogP contribution in [0.2, 0.25) is 0 Å². The lowest BCUT2D eigenvalue weighted by Crippen LogP contribution is -2.25. The first kappa shape index (κ1) is 17.5. The van der Waals surface area contributed by atoms with Gasteiger partial charge in [-0.1, -0.05) is 23.8 Å².